The summed E-state index contributed by atoms with van der Waals surface area (Å²) in [5.41, 5.74) is 0. The Kier molecular flexibility index (Phi) is 58.0. The van der Waals surface area contributed by atoms with Gasteiger partial charge in [0, 0.05) is 12.8 Å². The van der Waals surface area contributed by atoms with Crippen molar-refractivity contribution in [3.05, 3.63) is 48.6 Å². The van der Waals surface area contributed by atoms with Crippen molar-refractivity contribution in [1.29, 1.82) is 0 Å². The molecule has 9 nitrogen and oxygen atoms in total. The van der Waals surface area contributed by atoms with Crippen LogP contribution in [0.15, 0.2) is 48.6 Å². The molecule has 2 unspecified atom stereocenters. The van der Waals surface area contributed by atoms with Crippen LogP contribution in [0.3, 0.4) is 0 Å². The van der Waals surface area contributed by atoms with Gasteiger partial charge in [0.2, 0.25) is 0 Å². The van der Waals surface area contributed by atoms with Gasteiger partial charge in [0.1, 0.15) is 19.8 Å². The highest BCUT2D eigenvalue weighted by atomic mass is 31.2. The highest BCUT2D eigenvalue weighted by Crippen LogP contribution is 2.43. The molecule has 0 heterocycles. The van der Waals surface area contributed by atoms with Crippen LogP contribution in [-0.4, -0.2) is 74.9 Å². The number of phosphoric ester groups is 1. The van der Waals surface area contributed by atoms with Crippen molar-refractivity contribution in [3.63, 3.8) is 0 Å². The van der Waals surface area contributed by atoms with E-state index in [1.54, 1.807) is 0 Å². The molecule has 10 heteroatoms. The number of hydrogen-bond donors (Lipinski definition) is 1. The largest absolute Gasteiger partial charge is 0.472 e. The highest BCUT2D eigenvalue weighted by molar-refractivity contribution is 7.47. The first-order chi connectivity index (χ1) is 38.0. The second-order valence-corrected chi connectivity index (χ2v) is 25.3. The van der Waals surface area contributed by atoms with Gasteiger partial charge in [-0.1, -0.05) is 306 Å². The fourth-order valence-electron chi connectivity index (χ4n) is 9.78. The smallest absolute Gasteiger partial charge is 0.462 e. The molecule has 0 rings (SSSR count). The fourth-order valence-corrected chi connectivity index (χ4v) is 10.5. The molecule has 0 aromatic heterocycles. The van der Waals surface area contributed by atoms with Gasteiger partial charge >= 0.3 is 19.8 Å². The third-order valence-electron chi connectivity index (χ3n) is 14.9. The van der Waals surface area contributed by atoms with E-state index in [-0.39, 0.29) is 32.0 Å². The standard InChI is InChI=1S/C68H128NO8P/c1-6-8-10-12-14-16-18-20-22-24-26-27-28-29-30-31-32-33-34-35-36-37-38-39-40-41-43-44-46-48-50-52-54-56-58-60-67(70)74-64-66(65-76-78(72,73)75-63-62-69(3,4)5)77-68(71)61-59-57-55-53-51-49-47-45-42-25-23-21-19-17-15-13-11-9-7-2/h9,11,15,17,21,23,42,45,66H,6-8,10,12-14,16,18-20,22,24-41,43-44,46-65H2,1-5H3/p+1/b11-9-,17-15-,23-21-,45-42-. The van der Waals surface area contributed by atoms with E-state index >= 15 is 0 Å². The lowest BCUT2D eigenvalue weighted by atomic mass is 10.0. The predicted molar refractivity (Wildman–Crippen MR) is 335 cm³/mol. The molecule has 0 fully saturated rings. The van der Waals surface area contributed by atoms with Gasteiger partial charge in [0.05, 0.1) is 27.7 Å². The number of allylic oxidation sites excluding steroid dienone is 8. The second-order valence-electron chi connectivity index (χ2n) is 23.8. The number of nitrogens with zero attached hydrogens (tertiary/aromatic N) is 1. The number of phosphoric acid groups is 1. The number of likely N-dealkylation sites (N-methyl/N-ethyl adjacent to an activating group) is 1. The van der Waals surface area contributed by atoms with Crippen molar-refractivity contribution in [2.45, 2.75) is 328 Å². The molecular formula is C68H129NO8P+. The van der Waals surface area contributed by atoms with Gasteiger partial charge in [-0.05, 0) is 51.4 Å². The van der Waals surface area contributed by atoms with Gasteiger partial charge in [0.25, 0.3) is 0 Å². The molecule has 0 spiro atoms. The Morgan fingerprint density at radius 2 is 0.731 bits per heavy atom. The maximum absolute atomic E-state index is 12.8. The molecule has 0 radical (unpaired) electrons. The molecule has 0 aliphatic carbocycles. The van der Waals surface area contributed by atoms with Gasteiger partial charge in [-0.15, -0.1) is 0 Å². The van der Waals surface area contributed by atoms with Crippen LogP contribution in [-0.2, 0) is 32.7 Å². The van der Waals surface area contributed by atoms with Crippen LogP contribution in [0.5, 0.6) is 0 Å². The molecule has 1 N–H and O–H groups in total. The minimum atomic E-state index is -4.39. The molecule has 0 amide bonds. The van der Waals surface area contributed by atoms with Gasteiger partial charge < -0.3 is 18.9 Å². The van der Waals surface area contributed by atoms with E-state index < -0.39 is 26.5 Å². The maximum Gasteiger partial charge on any atom is 0.472 e. The Labute approximate surface area is 484 Å². The number of unbranched alkanes of at least 4 members (excludes halogenated alkanes) is 40. The summed E-state index contributed by atoms with van der Waals surface area (Å²) in [5.74, 6) is -0.801. The number of ether oxygens (including phenoxy) is 2. The highest BCUT2D eigenvalue weighted by Gasteiger charge is 2.27. The molecule has 0 aliphatic heterocycles. The molecule has 78 heavy (non-hydrogen) atoms. The zero-order chi connectivity index (χ0) is 57.0. The van der Waals surface area contributed by atoms with Crippen LogP contribution >= 0.6 is 7.82 Å². The van der Waals surface area contributed by atoms with Gasteiger partial charge in [-0.2, -0.15) is 0 Å². The van der Waals surface area contributed by atoms with Gasteiger partial charge in [-0.3, -0.25) is 18.6 Å². The molecular weight excluding hydrogens is 990 g/mol. The van der Waals surface area contributed by atoms with Crippen LogP contribution in [0.1, 0.15) is 322 Å². The first-order valence-electron chi connectivity index (χ1n) is 33.4. The first-order valence-corrected chi connectivity index (χ1v) is 34.9. The number of rotatable bonds is 62. The van der Waals surface area contributed by atoms with Crippen molar-refractivity contribution < 1.29 is 42.1 Å². The lowest BCUT2D eigenvalue weighted by Gasteiger charge is -2.24. The minimum Gasteiger partial charge on any atom is -0.462 e. The Balaban J connectivity index is 3.95. The van der Waals surface area contributed by atoms with Crippen LogP contribution in [0.25, 0.3) is 0 Å². The predicted octanol–water partition coefficient (Wildman–Crippen LogP) is 21.3. The SMILES string of the molecule is CC/C=C\C/C=C\C/C=C\C/C=C\CCCCCCCCC(=O)OC(COC(=O)CCCCCCCCCCCCCCCCCCCCCCCCCCCCCCCCCCCCC)COP(=O)(O)OCC[N+](C)(C)C. The molecule has 0 saturated carbocycles. The van der Waals surface area contributed by atoms with Crippen LogP contribution < -0.4 is 0 Å². The summed E-state index contributed by atoms with van der Waals surface area (Å²) >= 11 is 0. The Morgan fingerprint density at radius 1 is 0.410 bits per heavy atom. The molecule has 458 valence electrons. The van der Waals surface area contributed by atoms with Crippen molar-refractivity contribution in [2.75, 3.05) is 47.5 Å². The van der Waals surface area contributed by atoms with Crippen molar-refractivity contribution >= 4 is 19.8 Å². The number of esters is 2. The topological polar surface area (TPSA) is 108 Å². The van der Waals surface area contributed by atoms with Crippen molar-refractivity contribution in [2.24, 2.45) is 0 Å². The maximum atomic E-state index is 12.8. The van der Waals surface area contributed by atoms with E-state index in [9.17, 15) is 19.0 Å². The van der Waals surface area contributed by atoms with Gasteiger partial charge in [0.15, 0.2) is 6.10 Å². The Hall–Kier alpha value is -2.03. The molecule has 0 bridgehead atoms. The van der Waals surface area contributed by atoms with Crippen LogP contribution in [0.4, 0.5) is 0 Å². The van der Waals surface area contributed by atoms with E-state index in [4.69, 9.17) is 18.5 Å². The fraction of sp³-hybridized carbons (Fsp3) is 0.853. The van der Waals surface area contributed by atoms with E-state index in [0.717, 1.165) is 83.5 Å². The summed E-state index contributed by atoms with van der Waals surface area (Å²) in [6, 6.07) is 0. The number of quaternary nitrogens is 1. The van der Waals surface area contributed by atoms with Gasteiger partial charge in [-0.25, -0.2) is 4.57 Å². The summed E-state index contributed by atoms with van der Waals surface area (Å²) in [5, 5.41) is 0. The summed E-state index contributed by atoms with van der Waals surface area (Å²) in [4.78, 5) is 35.8. The molecule has 0 aromatic carbocycles. The van der Waals surface area contributed by atoms with Crippen molar-refractivity contribution in [3.8, 4) is 0 Å². The Bertz CT molecular complexity index is 1460. The zero-order valence-corrected chi connectivity index (χ0v) is 53.1. The molecule has 0 aromatic rings. The lowest BCUT2D eigenvalue weighted by molar-refractivity contribution is -0.870. The molecule has 2 atom stereocenters. The summed E-state index contributed by atoms with van der Waals surface area (Å²) in [6.45, 7) is 4.35. The van der Waals surface area contributed by atoms with E-state index in [1.165, 1.54) is 205 Å². The first kappa shape index (κ1) is 76.0. The number of carbonyl (C=O) groups excluding carboxylic acids is 2. The lowest BCUT2D eigenvalue weighted by Crippen LogP contribution is -2.37. The zero-order valence-electron chi connectivity index (χ0n) is 52.2. The van der Waals surface area contributed by atoms with Crippen LogP contribution in [0, 0.1) is 0 Å². The third kappa shape index (κ3) is 63.2. The molecule has 0 saturated heterocycles. The summed E-state index contributed by atoms with van der Waals surface area (Å²) in [7, 11) is 1.47. The number of carbonyl (C=O) groups is 2. The summed E-state index contributed by atoms with van der Waals surface area (Å²) in [6.07, 6.45) is 76.6. The van der Waals surface area contributed by atoms with E-state index in [1.807, 2.05) is 21.1 Å². The molecule has 0 aliphatic rings. The second kappa shape index (κ2) is 59.6. The minimum absolute atomic E-state index is 0.0287. The van der Waals surface area contributed by atoms with Crippen molar-refractivity contribution in [1.82, 2.24) is 0 Å². The van der Waals surface area contributed by atoms with E-state index in [0.29, 0.717) is 17.4 Å². The average Bonchev–Trinajstić information content (AvgIpc) is 3.41. The normalized spacial score (nSPS) is 13.5. The number of hydrogen-bond acceptors (Lipinski definition) is 7. The van der Waals surface area contributed by atoms with E-state index in [2.05, 4.69) is 62.5 Å². The quantitative estimate of drug-likeness (QED) is 0.0211. The Morgan fingerprint density at radius 3 is 1.09 bits per heavy atom. The average molecular weight is 1120 g/mol. The summed E-state index contributed by atoms with van der Waals surface area (Å²) < 4.78 is 34.6. The van der Waals surface area contributed by atoms with Crippen LogP contribution in [0.2, 0.25) is 0 Å². The third-order valence-corrected chi connectivity index (χ3v) is 15.9. The monoisotopic (exact) mass is 1120 g/mol.